The highest BCUT2D eigenvalue weighted by molar-refractivity contribution is 8.24. The highest BCUT2D eigenvalue weighted by Crippen LogP contribution is 2.59. The number of carbonyl (C=O) groups excluding carboxylic acids is 7. The van der Waals surface area contributed by atoms with E-state index in [0.29, 0.717) is 84.9 Å². The maximum absolute atomic E-state index is 13.7. The van der Waals surface area contributed by atoms with Crippen molar-refractivity contribution in [3.8, 4) is 17.6 Å². The number of hydrogen-bond donors (Lipinski definition) is 0. The van der Waals surface area contributed by atoms with Gasteiger partial charge in [-0.2, -0.15) is 5.26 Å². The highest BCUT2D eigenvalue weighted by Gasteiger charge is 2.38. The van der Waals surface area contributed by atoms with E-state index in [1.165, 1.54) is 12.2 Å². The van der Waals surface area contributed by atoms with E-state index >= 15 is 0 Å². The fourth-order valence-electron chi connectivity index (χ4n) is 10.2. The summed E-state index contributed by atoms with van der Waals surface area (Å²) in [7, 11) is 1.72. The van der Waals surface area contributed by atoms with Crippen LogP contribution in [0, 0.1) is 35.0 Å². The van der Waals surface area contributed by atoms with Crippen LogP contribution < -0.4 is 9.47 Å². The molecule has 17 nitrogen and oxygen atoms in total. The molecule has 430 valence electrons. The lowest BCUT2D eigenvalue weighted by Gasteiger charge is -2.31. The van der Waals surface area contributed by atoms with E-state index in [9.17, 15) is 34.0 Å². The van der Waals surface area contributed by atoms with Gasteiger partial charge in [-0.1, -0.05) is 55.9 Å². The average molecular weight is 1120 g/mol. The van der Waals surface area contributed by atoms with Gasteiger partial charge in [-0.15, -0.1) is 0 Å². The Bertz CT molecular complexity index is 2210. The van der Waals surface area contributed by atoms with Gasteiger partial charge < -0.3 is 42.6 Å². The Morgan fingerprint density at radius 1 is 0.564 bits per heavy atom. The minimum atomic E-state index is -0.791. The van der Waals surface area contributed by atoms with Crippen LogP contribution in [-0.4, -0.2) is 107 Å². The van der Waals surface area contributed by atoms with Crippen LogP contribution in [0.4, 0.5) is 0 Å². The molecule has 0 amide bonds. The lowest BCUT2D eigenvalue weighted by atomic mass is 9.82. The standard InChI is InChI=1S/C56H77NO15S2.C3H4O/c1-4-48(58)68-35-13-9-8-12-34-67-42-24-28-44(29-25-42)70-52(60)38-16-20-40(21-17-38)54(62)72-47-31-30-46(49-50(47)74-56(73-49)45(36-57)55(63)65-5-2)71-53(61)39-18-14-37(15-19-39)51(59)69-43-26-22-41(23-27-43)66-33-11-7-6-10-32-64-3;1-2-3-4/h4,30-31,37-44H,1,5-29,32-35H2,2-3H3;2-3H,1H2/b56-45+;. The summed E-state index contributed by atoms with van der Waals surface area (Å²) in [6.07, 6.45) is 21.3. The molecule has 6 rings (SSSR count). The Hall–Kier alpha value is -5.00. The number of nitriles is 1. The Balaban J connectivity index is 0.00000270. The van der Waals surface area contributed by atoms with Gasteiger partial charge in [0.25, 0.3) is 0 Å². The molecular weight excluding hydrogens is 1040 g/mol. The van der Waals surface area contributed by atoms with Gasteiger partial charge in [-0.3, -0.25) is 24.0 Å². The number of nitrogens with zero attached hydrogens (tertiary/aromatic N) is 1. The Morgan fingerprint density at radius 3 is 1.32 bits per heavy atom. The van der Waals surface area contributed by atoms with Crippen LogP contribution in [0.1, 0.15) is 161 Å². The zero-order valence-electron chi connectivity index (χ0n) is 45.7. The van der Waals surface area contributed by atoms with E-state index in [-0.39, 0.29) is 71.9 Å². The van der Waals surface area contributed by atoms with Gasteiger partial charge in [-0.25, -0.2) is 9.59 Å². The van der Waals surface area contributed by atoms with Gasteiger partial charge in [-0.05, 0) is 160 Å². The highest BCUT2D eigenvalue weighted by atomic mass is 32.2. The van der Waals surface area contributed by atoms with Crippen molar-refractivity contribution in [1.29, 1.82) is 5.26 Å². The summed E-state index contributed by atoms with van der Waals surface area (Å²) in [5.74, 6) is -3.65. The number of esters is 6. The Kier molecular flexibility index (Phi) is 29.1. The molecule has 5 aliphatic rings. The second kappa shape index (κ2) is 35.6. The first-order valence-electron chi connectivity index (χ1n) is 28.2. The second-order valence-electron chi connectivity index (χ2n) is 20.3. The molecule has 0 unspecified atom stereocenters. The lowest BCUT2D eigenvalue weighted by Crippen LogP contribution is -2.33. The number of allylic oxidation sites excluding steroid dienone is 1. The molecule has 1 aromatic rings. The summed E-state index contributed by atoms with van der Waals surface area (Å²) < 4.78 is 51.7. The minimum Gasteiger partial charge on any atom is -0.463 e. The summed E-state index contributed by atoms with van der Waals surface area (Å²) in [5, 5.41) is 10.0. The Labute approximate surface area is 468 Å². The van der Waals surface area contributed by atoms with E-state index in [1.807, 2.05) is 6.07 Å². The number of ether oxygens (including phenoxy) is 9. The van der Waals surface area contributed by atoms with Gasteiger partial charge in [0.15, 0.2) is 5.57 Å². The van der Waals surface area contributed by atoms with Crippen molar-refractivity contribution in [3.63, 3.8) is 0 Å². The third-order valence-corrected chi connectivity index (χ3v) is 17.4. The lowest BCUT2D eigenvalue weighted by molar-refractivity contribution is -0.160. The summed E-state index contributed by atoms with van der Waals surface area (Å²) >= 11 is 2.15. The van der Waals surface area contributed by atoms with Crippen LogP contribution in [0.3, 0.4) is 0 Å². The monoisotopic (exact) mass is 1120 g/mol. The average Bonchev–Trinajstić information content (AvgIpc) is 4.03. The summed E-state index contributed by atoms with van der Waals surface area (Å²) in [6, 6.07) is 5.07. The summed E-state index contributed by atoms with van der Waals surface area (Å²) in [5.41, 5.74) is -0.212. The van der Waals surface area contributed by atoms with E-state index < -0.39 is 35.7 Å². The van der Waals surface area contributed by atoms with Gasteiger partial charge in [0, 0.05) is 33.0 Å². The molecule has 0 atom stereocenters. The molecule has 78 heavy (non-hydrogen) atoms. The van der Waals surface area contributed by atoms with Crippen LogP contribution in [0.2, 0.25) is 0 Å². The van der Waals surface area contributed by atoms with Crippen molar-refractivity contribution in [2.75, 3.05) is 40.1 Å². The van der Waals surface area contributed by atoms with Crippen LogP contribution in [0.25, 0.3) is 0 Å². The van der Waals surface area contributed by atoms with E-state index in [0.717, 1.165) is 139 Å². The zero-order chi connectivity index (χ0) is 56.1. The van der Waals surface area contributed by atoms with Gasteiger partial charge in [0.2, 0.25) is 0 Å². The number of unbranched alkanes of at least 4 members (excludes halogenated alkanes) is 6. The molecule has 0 saturated heterocycles. The molecule has 0 bridgehead atoms. The molecule has 0 radical (unpaired) electrons. The summed E-state index contributed by atoms with van der Waals surface area (Å²) in [6.45, 7) is 10.8. The van der Waals surface area contributed by atoms with Crippen molar-refractivity contribution >= 4 is 65.6 Å². The first kappa shape index (κ1) is 63.8. The first-order chi connectivity index (χ1) is 37.9. The van der Waals surface area contributed by atoms with Crippen molar-refractivity contribution in [2.24, 2.45) is 23.7 Å². The predicted molar refractivity (Wildman–Crippen MR) is 292 cm³/mol. The number of thioether (sulfide) groups is 2. The maximum atomic E-state index is 13.7. The van der Waals surface area contributed by atoms with E-state index in [1.54, 1.807) is 26.2 Å². The Morgan fingerprint density at radius 2 is 0.949 bits per heavy atom. The number of methoxy groups -OCH3 is 1. The van der Waals surface area contributed by atoms with Crippen LogP contribution in [0.5, 0.6) is 11.5 Å². The molecule has 0 N–H and O–H groups in total. The normalized spacial score (nSPS) is 24.3. The van der Waals surface area contributed by atoms with Crippen LogP contribution in [-0.2, 0) is 66.7 Å². The van der Waals surface area contributed by atoms with Crippen molar-refractivity contribution < 1.29 is 76.2 Å². The largest absolute Gasteiger partial charge is 0.463 e. The minimum absolute atomic E-state index is 0.0673. The maximum Gasteiger partial charge on any atom is 0.350 e. The molecular formula is C59H81NO16S2. The van der Waals surface area contributed by atoms with Crippen molar-refractivity contribution in [1.82, 2.24) is 0 Å². The van der Waals surface area contributed by atoms with E-state index in [4.69, 9.17) is 47.4 Å². The number of hydrogen-bond acceptors (Lipinski definition) is 19. The number of carbonyl (C=O) groups is 7. The molecule has 0 spiro atoms. The molecule has 1 heterocycles. The predicted octanol–water partition coefficient (Wildman–Crippen LogP) is 11.2. The smallest absolute Gasteiger partial charge is 0.350 e. The number of benzene rings is 1. The molecule has 4 fully saturated rings. The zero-order valence-corrected chi connectivity index (χ0v) is 47.4. The van der Waals surface area contributed by atoms with Crippen LogP contribution in [0.15, 0.2) is 57.0 Å². The molecule has 1 aliphatic heterocycles. The molecule has 4 aliphatic carbocycles. The number of rotatable bonds is 28. The third-order valence-electron chi connectivity index (χ3n) is 14.7. The summed E-state index contributed by atoms with van der Waals surface area (Å²) in [4.78, 5) is 87.9. The second-order valence-corrected chi connectivity index (χ2v) is 22.6. The fourth-order valence-corrected chi connectivity index (χ4v) is 12.8. The third kappa shape index (κ3) is 21.2. The van der Waals surface area contributed by atoms with E-state index in [2.05, 4.69) is 13.2 Å². The van der Waals surface area contributed by atoms with Crippen molar-refractivity contribution in [2.45, 2.75) is 195 Å². The van der Waals surface area contributed by atoms with Crippen molar-refractivity contribution in [3.05, 3.63) is 47.3 Å². The van der Waals surface area contributed by atoms with Gasteiger partial charge in [0.05, 0.1) is 63.1 Å². The topological polar surface area (TPSA) is 226 Å². The molecule has 0 aromatic heterocycles. The SMILES string of the molecule is C=CC(=O)OCCCCCCOC1CCC(OC(=O)C2CCC(C(=O)Oc3ccc(OC(=O)C4CCC(C(=O)OC5CCC(OCCCCCCOC)CC5)CC4)c4c3S/C(=C(\C#N)C(=O)OCC)S4)CC2)CC1.C=CC=O. The molecule has 4 saturated carbocycles. The van der Waals surface area contributed by atoms with Crippen LogP contribution >= 0.6 is 23.5 Å². The first-order valence-corrected chi connectivity index (χ1v) is 29.8. The number of fused-ring (bicyclic) bond motifs is 1. The number of aldehydes is 1. The fraction of sp³-hybridized carbons (Fsp3) is 0.661. The van der Waals surface area contributed by atoms with Gasteiger partial charge in [0.1, 0.15) is 36.1 Å². The quantitative estimate of drug-likeness (QED) is 0.0144. The van der Waals surface area contributed by atoms with Gasteiger partial charge >= 0.3 is 35.8 Å². The molecule has 1 aromatic carbocycles. The molecule has 19 heteroatoms.